The van der Waals surface area contributed by atoms with Crippen LogP contribution in [-0.2, 0) is 5.75 Å². The SMILES string of the molecule is CN(C)C(=O)n1cc(C(=O)c2ccn3c2CSC3C2=CN(c3ccc([N+](=O)[O-])cc3[N+](=O)[O-])CC=C2)c2ccc(-c3ccccc3)cc21. The van der Waals surface area contributed by atoms with Gasteiger partial charge in [-0.25, -0.2) is 4.79 Å². The van der Waals surface area contributed by atoms with E-state index in [1.807, 2.05) is 77.6 Å². The van der Waals surface area contributed by atoms with Crippen molar-refractivity contribution in [1.29, 1.82) is 0 Å². The Kier molecular flexibility index (Phi) is 7.68. The quantitative estimate of drug-likeness (QED) is 0.100. The van der Waals surface area contributed by atoms with Gasteiger partial charge in [-0.1, -0.05) is 54.6 Å². The Balaban J connectivity index is 1.23. The molecule has 48 heavy (non-hydrogen) atoms. The lowest BCUT2D eigenvalue weighted by Crippen LogP contribution is -2.26. The summed E-state index contributed by atoms with van der Waals surface area (Å²) in [4.78, 5) is 52.4. The molecular weight excluding hydrogens is 632 g/mol. The highest BCUT2D eigenvalue weighted by molar-refractivity contribution is 7.99. The van der Waals surface area contributed by atoms with Crippen molar-refractivity contribution >= 4 is 51.5 Å². The molecule has 0 aliphatic carbocycles. The van der Waals surface area contributed by atoms with Crippen LogP contribution in [0.25, 0.3) is 22.0 Å². The molecule has 0 saturated carbocycles. The maximum Gasteiger partial charge on any atom is 0.328 e. The molecule has 3 aromatic carbocycles. The van der Waals surface area contributed by atoms with Crippen LogP contribution >= 0.6 is 11.8 Å². The van der Waals surface area contributed by atoms with E-state index < -0.39 is 9.85 Å². The van der Waals surface area contributed by atoms with E-state index in [4.69, 9.17) is 0 Å². The second-order valence-electron chi connectivity index (χ2n) is 11.6. The van der Waals surface area contributed by atoms with Crippen molar-refractivity contribution in [2.24, 2.45) is 0 Å². The molecule has 0 radical (unpaired) electrons. The van der Waals surface area contributed by atoms with E-state index in [0.717, 1.165) is 28.5 Å². The van der Waals surface area contributed by atoms with Crippen LogP contribution in [0.2, 0.25) is 0 Å². The molecule has 0 saturated heterocycles. The van der Waals surface area contributed by atoms with Gasteiger partial charge in [0.2, 0.25) is 0 Å². The summed E-state index contributed by atoms with van der Waals surface area (Å²) in [7, 11) is 3.34. The maximum absolute atomic E-state index is 14.2. The minimum Gasteiger partial charge on any atom is -0.338 e. The summed E-state index contributed by atoms with van der Waals surface area (Å²) in [6, 6.07) is 20.8. The molecule has 5 aromatic rings. The van der Waals surface area contributed by atoms with Crippen molar-refractivity contribution in [3.63, 3.8) is 0 Å². The maximum atomic E-state index is 14.2. The van der Waals surface area contributed by atoms with Gasteiger partial charge >= 0.3 is 6.03 Å². The van der Waals surface area contributed by atoms with Crippen molar-refractivity contribution in [3.8, 4) is 11.1 Å². The molecule has 2 aliphatic rings. The van der Waals surface area contributed by atoms with Gasteiger partial charge < -0.3 is 14.4 Å². The van der Waals surface area contributed by atoms with Crippen molar-refractivity contribution in [2.45, 2.75) is 11.1 Å². The van der Waals surface area contributed by atoms with Crippen molar-refractivity contribution in [3.05, 3.63) is 146 Å². The van der Waals surface area contributed by atoms with E-state index in [1.54, 1.807) is 43.0 Å². The van der Waals surface area contributed by atoms with E-state index in [1.165, 1.54) is 21.6 Å². The van der Waals surface area contributed by atoms with Crippen molar-refractivity contribution in [1.82, 2.24) is 14.0 Å². The summed E-state index contributed by atoms with van der Waals surface area (Å²) < 4.78 is 3.55. The third-order valence-electron chi connectivity index (χ3n) is 8.52. The zero-order valence-electron chi connectivity index (χ0n) is 25.8. The molecule has 13 heteroatoms. The zero-order valence-corrected chi connectivity index (χ0v) is 26.7. The molecule has 2 aromatic heterocycles. The summed E-state index contributed by atoms with van der Waals surface area (Å²) in [6.45, 7) is 0.351. The number of benzene rings is 3. The van der Waals surface area contributed by atoms with Crippen LogP contribution in [0, 0.1) is 20.2 Å². The molecular formula is C35H28N6O6S. The highest BCUT2D eigenvalue weighted by Crippen LogP contribution is 2.45. The van der Waals surface area contributed by atoms with Gasteiger partial charge in [-0.15, -0.1) is 11.8 Å². The van der Waals surface area contributed by atoms with Gasteiger partial charge in [0.15, 0.2) is 5.78 Å². The highest BCUT2D eigenvalue weighted by Gasteiger charge is 2.32. The van der Waals surface area contributed by atoms with Gasteiger partial charge in [0, 0.05) is 78.8 Å². The predicted octanol–water partition coefficient (Wildman–Crippen LogP) is 7.39. The third kappa shape index (κ3) is 5.23. The molecule has 0 spiro atoms. The molecule has 1 atom stereocenters. The molecule has 7 rings (SSSR count). The van der Waals surface area contributed by atoms with Gasteiger partial charge in [-0.2, -0.15) is 0 Å². The first-order valence-electron chi connectivity index (χ1n) is 15.0. The van der Waals surface area contributed by atoms with Crippen LogP contribution in [0.4, 0.5) is 21.9 Å². The van der Waals surface area contributed by atoms with Gasteiger partial charge in [-0.05, 0) is 29.3 Å². The lowest BCUT2D eigenvalue weighted by Gasteiger charge is -2.25. The summed E-state index contributed by atoms with van der Waals surface area (Å²) in [5.41, 5.74) is 4.76. The minimum absolute atomic E-state index is 0.191. The number of nitro benzene ring substituents is 2. The smallest absolute Gasteiger partial charge is 0.328 e. The molecule has 1 unspecified atom stereocenters. The van der Waals surface area contributed by atoms with Gasteiger partial charge in [-0.3, -0.25) is 29.6 Å². The summed E-state index contributed by atoms with van der Waals surface area (Å²) >= 11 is 1.62. The number of carbonyl (C=O) groups excluding carboxylic acids is 2. The largest absolute Gasteiger partial charge is 0.338 e. The topological polar surface area (TPSA) is 137 Å². The lowest BCUT2D eigenvalue weighted by atomic mass is 10.00. The van der Waals surface area contributed by atoms with Crippen LogP contribution in [0.15, 0.2) is 109 Å². The van der Waals surface area contributed by atoms with Crippen LogP contribution in [0.5, 0.6) is 0 Å². The standard InChI is InChI=1S/C35H28N6O6S/c1-36(2)35(43)39-20-28(26-12-10-23(17-30(26)39)22-7-4-3-5-8-22)33(42)27-14-16-38-32(27)21-48-34(38)24-9-6-15-37(19-24)29-13-11-25(40(44)45)18-31(29)41(46)47/h3-14,16-20,34H,15,21H2,1-2H3. The number of hydrogen-bond donors (Lipinski definition) is 0. The molecule has 240 valence electrons. The fourth-order valence-electron chi connectivity index (χ4n) is 6.20. The summed E-state index contributed by atoms with van der Waals surface area (Å²) in [5, 5.41) is 23.5. The third-order valence-corrected chi connectivity index (χ3v) is 9.78. The average Bonchev–Trinajstić information content (AvgIpc) is 3.81. The minimum atomic E-state index is -0.657. The van der Waals surface area contributed by atoms with Crippen LogP contribution in [0.1, 0.15) is 27.0 Å². The number of hydrogen-bond acceptors (Lipinski definition) is 8. The summed E-state index contributed by atoms with van der Waals surface area (Å²) in [5.74, 6) is 0.360. The van der Waals surface area contributed by atoms with Crippen LogP contribution in [0.3, 0.4) is 0 Å². The normalized spacial score (nSPS) is 15.3. The Labute approximate surface area is 278 Å². The van der Waals surface area contributed by atoms with Gasteiger partial charge in [0.1, 0.15) is 11.1 Å². The van der Waals surface area contributed by atoms with E-state index in [2.05, 4.69) is 0 Å². The second kappa shape index (κ2) is 12.0. The van der Waals surface area contributed by atoms with Crippen LogP contribution < -0.4 is 4.90 Å². The number of thioether (sulfide) groups is 1. The molecule has 0 N–H and O–H groups in total. The average molecular weight is 661 g/mol. The number of allylic oxidation sites excluding steroid dienone is 1. The van der Waals surface area contributed by atoms with Gasteiger partial charge in [0.05, 0.1) is 21.4 Å². The van der Waals surface area contributed by atoms with E-state index in [-0.39, 0.29) is 34.3 Å². The predicted molar refractivity (Wildman–Crippen MR) is 184 cm³/mol. The Bertz CT molecular complexity index is 2220. The fraction of sp³-hybridized carbons (Fsp3) is 0.143. The Morgan fingerprint density at radius 2 is 1.71 bits per heavy atom. The summed E-state index contributed by atoms with van der Waals surface area (Å²) in [6.07, 6.45) is 9.14. The number of nitro groups is 2. The van der Waals surface area contributed by atoms with Crippen molar-refractivity contribution < 1.29 is 19.4 Å². The second-order valence-corrected chi connectivity index (χ2v) is 12.7. The molecule has 1 amide bonds. The number of ketones is 1. The lowest BCUT2D eigenvalue weighted by molar-refractivity contribution is -0.393. The Morgan fingerprint density at radius 1 is 0.917 bits per heavy atom. The number of aromatic nitrogens is 2. The Morgan fingerprint density at radius 3 is 2.44 bits per heavy atom. The number of nitrogens with zero attached hydrogens (tertiary/aromatic N) is 6. The highest BCUT2D eigenvalue weighted by atomic mass is 32.2. The first kappa shape index (κ1) is 30.7. The number of fused-ring (bicyclic) bond motifs is 2. The number of carbonyl (C=O) groups is 2. The zero-order chi connectivity index (χ0) is 33.7. The molecule has 0 fully saturated rings. The molecule has 4 heterocycles. The fourth-order valence-corrected chi connectivity index (χ4v) is 7.51. The molecule has 0 bridgehead atoms. The Hall–Kier alpha value is -5.95. The number of amides is 1. The van der Waals surface area contributed by atoms with E-state index in [9.17, 15) is 29.8 Å². The van der Waals surface area contributed by atoms with Crippen LogP contribution in [-0.4, -0.2) is 56.3 Å². The van der Waals surface area contributed by atoms with E-state index in [0.29, 0.717) is 34.3 Å². The monoisotopic (exact) mass is 660 g/mol. The number of anilines is 1. The van der Waals surface area contributed by atoms with Gasteiger partial charge in [0.25, 0.3) is 11.4 Å². The first-order chi connectivity index (χ1) is 23.1. The van der Waals surface area contributed by atoms with Crippen molar-refractivity contribution in [2.75, 3.05) is 25.5 Å². The molecule has 12 nitrogen and oxygen atoms in total. The number of non-ortho nitro benzene ring substituents is 1. The first-order valence-corrected chi connectivity index (χ1v) is 16.0. The van der Waals surface area contributed by atoms with E-state index >= 15 is 0 Å². The number of rotatable bonds is 7. The molecule has 2 aliphatic heterocycles.